The zero-order valence-corrected chi connectivity index (χ0v) is 16.8. The fraction of sp³-hybridized carbons (Fsp3) is 0.556. The van der Waals surface area contributed by atoms with Gasteiger partial charge < -0.3 is 15.0 Å². The van der Waals surface area contributed by atoms with Gasteiger partial charge in [-0.05, 0) is 31.2 Å². The lowest BCUT2D eigenvalue weighted by molar-refractivity contribution is -0.897. The molecule has 2 rings (SSSR count). The maximum Gasteiger partial charge on any atom is 0.309 e. The van der Waals surface area contributed by atoms with Crippen molar-refractivity contribution in [2.24, 2.45) is 5.92 Å². The van der Waals surface area contributed by atoms with E-state index in [1.165, 1.54) is 26.2 Å². The lowest BCUT2D eigenvalue weighted by Crippen LogP contribution is -3.14. The number of likely N-dealkylation sites (tertiary alicyclic amines) is 1. The first-order chi connectivity index (χ1) is 12.7. The highest BCUT2D eigenvalue weighted by molar-refractivity contribution is 7.89. The van der Waals surface area contributed by atoms with Gasteiger partial charge in [0.15, 0.2) is 6.54 Å². The molecule has 1 aromatic carbocycles. The van der Waals surface area contributed by atoms with Crippen molar-refractivity contribution in [1.82, 2.24) is 4.31 Å². The molecule has 8 nitrogen and oxygen atoms in total. The number of benzene rings is 1. The summed E-state index contributed by atoms with van der Waals surface area (Å²) in [7, 11) is -0.540. The van der Waals surface area contributed by atoms with Crippen molar-refractivity contribution in [3.05, 3.63) is 24.3 Å². The average Bonchev–Trinajstić information content (AvgIpc) is 2.62. The number of nitrogens with one attached hydrogen (secondary N) is 2. The van der Waals surface area contributed by atoms with Gasteiger partial charge >= 0.3 is 5.97 Å². The fourth-order valence-corrected chi connectivity index (χ4v) is 3.95. The first-order valence-corrected chi connectivity index (χ1v) is 10.5. The third-order valence-electron chi connectivity index (χ3n) is 4.64. The number of quaternary nitrogens is 1. The Balaban J connectivity index is 1.84. The molecule has 27 heavy (non-hydrogen) atoms. The maximum absolute atomic E-state index is 12.2. The first kappa shape index (κ1) is 21.3. The van der Waals surface area contributed by atoms with Crippen LogP contribution < -0.4 is 10.2 Å². The quantitative estimate of drug-likeness (QED) is 0.617. The molecule has 1 fully saturated rings. The molecule has 1 aliphatic heterocycles. The number of carbonyl (C=O) groups is 2. The molecule has 1 aromatic rings. The summed E-state index contributed by atoms with van der Waals surface area (Å²) in [4.78, 5) is 25.3. The van der Waals surface area contributed by atoms with Crippen LogP contribution in [0.3, 0.4) is 0 Å². The number of hydrogen-bond acceptors (Lipinski definition) is 5. The summed E-state index contributed by atoms with van der Waals surface area (Å²) in [6.07, 6.45) is 1.44. The van der Waals surface area contributed by atoms with E-state index in [0.29, 0.717) is 18.8 Å². The van der Waals surface area contributed by atoms with E-state index in [1.807, 2.05) is 0 Å². The van der Waals surface area contributed by atoms with Gasteiger partial charge in [-0.1, -0.05) is 0 Å². The second-order valence-electron chi connectivity index (χ2n) is 6.81. The van der Waals surface area contributed by atoms with E-state index in [1.54, 1.807) is 19.1 Å². The molecule has 150 valence electrons. The maximum atomic E-state index is 12.2. The Labute approximate surface area is 160 Å². The van der Waals surface area contributed by atoms with Gasteiger partial charge in [0.1, 0.15) is 0 Å². The van der Waals surface area contributed by atoms with Crippen LogP contribution in [0.1, 0.15) is 19.8 Å². The van der Waals surface area contributed by atoms with Crippen molar-refractivity contribution in [3.8, 4) is 0 Å². The third kappa shape index (κ3) is 5.75. The minimum absolute atomic E-state index is 0.0667. The molecule has 1 aliphatic rings. The molecule has 2 N–H and O–H groups in total. The Kier molecular flexibility index (Phi) is 7.34. The van der Waals surface area contributed by atoms with Crippen LogP contribution in [0, 0.1) is 5.92 Å². The molecule has 0 bridgehead atoms. The second kappa shape index (κ2) is 9.29. The van der Waals surface area contributed by atoms with Gasteiger partial charge in [0, 0.05) is 32.6 Å². The third-order valence-corrected chi connectivity index (χ3v) is 6.47. The summed E-state index contributed by atoms with van der Waals surface area (Å²) in [6, 6.07) is 6.11. The minimum atomic E-state index is -3.48. The number of amides is 1. The predicted octanol–water partition coefficient (Wildman–Crippen LogP) is -0.267. The van der Waals surface area contributed by atoms with E-state index in [0.717, 1.165) is 35.1 Å². The Morgan fingerprint density at radius 2 is 1.78 bits per heavy atom. The van der Waals surface area contributed by atoms with Gasteiger partial charge in [-0.15, -0.1) is 0 Å². The van der Waals surface area contributed by atoms with Gasteiger partial charge in [0.05, 0.1) is 30.5 Å². The highest BCUT2D eigenvalue weighted by Crippen LogP contribution is 2.16. The normalized spacial score (nSPS) is 20.3. The van der Waals surface area contributed by atoms with E-state index in [4.69, 9.17) is 4.74 Å². The molecule has 9 heteroatoms. The Hall–Kier alpha value is -1.97. The van der Waals surface area contributed by atoms with Crippen LogP contribution in [-0.2, 0) is 24.3 Å². The molecule has 0 spiro atoms. The summed E-state index contributed by atoms with van der Waals surface area (Å²) >= 11 is 0. The van der Waals surface area contributed by atoms with Gasteiger partial charge in [-0.25, -0.2) is 12.7 Å². The highest BCUT2D eigenvalue weighted by Gasteiger charge is 2.29. The van der Waals surface area contributed by atoms with E-state index >= 15 is 0 Å². The number of esters is 1. The lowest BCUT2D eigenvalue weighted by atomic mass is 9.97. The van der Waals surface area contributed by atoms with Crippen LogP contribution >= 0.6 is 0 Å². The van der Waals surface area contributed by atoms with Crippen LogP contribution in [0.5, 0.6) is 0 Å². The summed E-state index contributed by atoms with van der Waals surface area (Å²) < 4.78 is 30.3. The fourth-order valence-electron chi connectivity index (χ4n) is 3.05. The average molecular weight is 399 g/mol. The van der Waals surface area contributed by atoms with Crippen molar-refractivity contribution in [2.45, 2.75) is 24.7 Å². The van der Waals surface area contributed by atoms with Gasteiger partial charge in [0.2, 0.25) is 10.0 Å². The van der Waals surface area contributed by atoms with Crippen LogP contribution in [-0.4, -0.2) is 64.9 Å². The molecular weight excluding hydrogens is 370 g/mol. The topological polar surface area (TPSA) is 97.2 Å². The highest BCUT2D eigenvalue weighted by atomic mass is 32.2. The van der Waals surface area contributed by atoms with Crippen molar-refractivity contribution in [2.75, 3.05) is 45.7 Å². The van der Waals surface area contributed by atoms with Crippen LogP contribution in [0.4, 0.5) is 5.69 Å². The molecule has 1 heterocycles. The lowest BCUT2D eigenvalue weighted by Gasteiger charge is -2.27. The van der Waals surface area contributed by atoms with Crippen molar-refractivity contribution in [1.29, 1.82) is 0 Å². The van der Waals surface area contributed by atoms with Crippen LogP contribution in [0.25, 0.3) is 0 Å². The molecule has 0 radical (unpaired) electrons. The van der Waals surface area contributed by atoms with Crippen molar-refractivity contribution in [3.63, 3.8) is 0 Å². The molecule has 0 unspecified atom stereocenters. The number of sulfonamides is 1. The number of carbonyl (C=O) groups excluding carboxylic acids is 2. The van der Waals surface area contributed by atoms with Crippen LogP contribution in [0.15, 0.2) is 29.2 Å². The largest absolute Gasteiger partial charge is 0.466 e. The Morgan fingerprint density at radius 1 is 1.19 bits per heavy atom. The number of ether oxygens (including phenoxy) is 1. The summed E-state index contributed by atoms with van der Waals surface area (Å²) in [5.74, 6) is -0.348. The number of anilines is 1. The Morgan fingerprint density at radius 3 is 2.30 bits per heavy atom. The van der Waals surface area contributed by atoms with Gasteiger partial charge in [0.25, 0.3) is 5.91 Å². The van der Waals surface area contributed by atoms with Gasteiger partial charge in [-0.3, -0.25) is 9.59 Å². The summed E-state index contributed by atoms with van der Waals surface area (Å²) in [6.45, 7) is 4.00. The molecule has 0 atom stereocenters. The van der Waals surface area contributed by atoms with Crippen LogP contribution in [0.2, 0.25) is 0 Å². The van der Waals surface area contributed by atoms with Crippen molar-refractivity contribution < 1.29 is 27.6 Å². The number of rotatable bonds is 7. The Bertz CT molecular complexity index is 754. The van der Waals surface area contributed by atoms with E-state index in [9.17, 15) is 18.0 Å². The SMILES string of the molecule is CCOC(=O)C1CC[NH+](CC(=O)Nc2ccc(S(=O)(=O)N(C)C)cc2)CC1. The molecule has 0 aliphatic carbocycles. The number of piperidine rings is 1. The standard InChI is InChI=1S/C18H27N3O5S/c1-4-26-18(23)14-9-11-21(12-10-14)13-17(22)19-15-5-7-16(8-6-15)27(24,25)20(2)3/h5-8,14H,4,9-13H2,1-3H3,(H,19,22)/p+1. The van der Waals surface area contributed by atoms with E-state index in [2.05, 4.69) is 5.32 Å². The second-order valence-corrected chi connectivity index (χ2v) is 8.96. The van der Waals surface area contributed by atoms with E-state index in [-0.39, 0.29) is 22.7 Å². The minimum Gasteiger partial charge on any atom is -0.466 e. The molecule has 1 saturated heterocycles. The van der Waals surface area contributed by atoms with E-state index < -0.39 is 10.0 Å². The van der Waals surface area contributed by atoms with Crippen molar-refractivity contribution >= 4 is 27.6 Å². The summed E-state index contributed by atoms with van der Waals surface area (Å²) in [5.41, 5.74) is 0.554. The van der Waals surface area contributed by atoms with Gasteiger partial charge in [-0.2, -0.15) is 0 Å². The smallest absolute Gasteiger partial charge is 0.309 e. The molecule has 0 saturated carbocycles. The zero-order chi connectivity index (χ0) is 20.0. The molecular formula is C18H28N3O5S+. The molecule has 1 amide bonds. The summed E-state index contributed by atoms with van der Waals surface area (Å²) in [5, 5.41) is 2.79. The monoisotopic (exact) mass is 398 g/mol. The first-order valence-electron chi connectivity index (χ1n) is 9.06. The predicted molar refractivity (Wildman–Crippen MR) is 101 cm³/mol. The number of nitrogens with zero attached hydrogens (tertiary/aromatic N) is 1. The zero-order valence-electron chi connectivity index (χ0n) is 16.0. The molecule has 0 aromatic heterocycles. The number of hydrogen-bond donors (Lipinski definition) is 2.